The van der Waals surface area contributed by atoms with Gasteiger partial charge in [0.15, 0.2) is 0 Å². The van der Waals surface area contributed by atoms with E-state index in [0.29, 0.717) is 0 Å². The summed E-state index contributed by atoms with van der Waals surface area (Å²) in [5, 5.41) is 10.9. The molecule has 1 unspecified atom stereocenters. The predicted octanol–water partition coefficient (Wildman–Crippen LogP) is 2.04. The maximum Gasteiger partial charge on any atom is 0.320 e. The Morgan fingerprint density at radius 3 is 2.86 bits per heavy atom. The van der Waals surface area contributed by atoms with E-state index in [1.807, 2.05) is 29.3 Å². The summed E-state index contributed by atoms with van der Waals surface area (Å²) >= 11 is 1.66. The van der Waals surface area contributed by atoms with Gasteiger partial charge >= 0.3 is 5.97 Å². The van der Waals surface area contributed by atoms with Crippen LogP contribution in [0.4, 0.5) is 0 Å². The van der Waals surface area contributed by atoms with E-state index in [1.165, 1.54) is 4.88 Å². The number of carboxylic acids is 1. The number of rotatable bonds is 5. The van der Waals surface area contributed by atoms with Crippen LogP contribution in [0.15, 0.2) is 17.5 Å². The zero-order valence-corrected chi connectivity index (χ0v) is 9.25. The standard InChI is InChI=1S/C10H15NO2S/c1-3-11(8(2)10(12)13)7-9-5-4-6-14-9/h4-6,8H,3,7H2,1-2H3,(H,12,13). The quantitative estimate of drug-likeness (QED) is 0.813. The molecule has 1 atom stereocenters. The number of thiophene rings is 1. The molecule has 1 rings (SSSR count). The molecule has 0 spiro atoms. The van der Waals surface area contributed by atoms with E-state index in [0.717, 1.165) is 13.1 Å². The lowest BCUT2D eigenvalue weighted by Gasteiger charge is -2.23. The topological polar surface area (TPSA) is 40.5 Å². The van der Waals surface area contributed by atoms with Gasteiger partial charge in [0.25, 0.3) is 0 Å². The van der Waals surface area contributed by atoms with Crippen molar-refractivity contribution in [3.8, 4) is 0 Å². The molecule has 1 aromatic rings. The fourth-order valence-electron chi connectivity index (χ4n) is 1.28. The van der Waals surface area contributed by atoms with Gasteiger partial charge in [0.05, 0.1) is 0 Å². The molecule has 14 heavy (non-hydrogen) atoms. The predicted molar refractivity (Wildman–Crippen MR) is 57.5 cm³/mol. The van der Waals surface area contributed by atoms with Crippen molar-refractivity contribution in [3.05, 3.63) is 22.4 Å². The Kier molecular flexibility index (Phi) is 4.10. The van der Waals surface area contributed by atoms with Gasteiger partial charge in [-0.3, -0.25) is 9.69 Å². The molecule has 1 N–H and O–H groups in total. The normalized spacial score (nSPS) is 13.1. The lowest BCUT2D eigenvalue weighted by atomic mass is 10.2. The van der Waals surface area contributed by atoms with Gasteiger partial charge in [-0.1, -0.05) is 13.0 Å². The maximum absolute atomic E-state index is 10.8. The summed E-state index contributed by atoms with van der Waals surface area (Å²) in [5.41, 5.74) is 0. The van der Waals surface area contributed by atoms with E-state index in [2.05, 4.69) is 0 Å². The monoisotopic (exact) mass is 213 g/mol. The number of hydrogen-bond acceptors (Lipinski definition) is 3. The molecule has 0 amide bonds. The Morgan fingerprint density at radius 2 is 2.43 bits per heavy atom. The highest BCUT2D eigenvalue weighted by molar-refractivity contribution is 7.09. The number of carbonyl (C=O) groups is 1. The summed E-state index contributed by atoms with van der Waals surface area (Å²) in [4.78, 5) is 13.9. The molecule has 0 bridgehead atoms. The first-order valence-corrected chi connectivity index (χ1v) is 5.52. The molecule has 1 aromatic heterocycles. The number of aliphatic carboxylic acids is 1. The van der Waals surface area contributed by atoms with Crippen molar-refractivity contribution in [2.75, 3.05) is 6.54 Å². The summed E-state index contributed by atoms with van der Waals surface area (Å²) in [5.74, 6) is -0.761. The largest absolute Gasteiger partial charge is 0.480 e. The molecule has 0 aliphatic carbocycles. The Bertz CT molecular complexity index is 284. The third-order valence-corrected chi connectivity index (χ3v) is 3.11. The minimum absolute atomic E-state index is 0.415. The minimum Gasteiger partial charge on any atom is -0.480 e. The van der Waals surface area contributed by atoms with Gasteiger partial charge in [-0.25, -0.2) is 0 Å². The first-order valence-electron chi connectivity index (χ1n) is 4.64. The van der Waals surface area contributed by atoms with Gasteiger partial charge in [0.1, 0.15) is 6.04 Å². The van der Waals surface area contributed by atoms with Gasteiger partial charge < -0.3 is 5.11 Å². The van der Waals surface area contributed by atoms with Crippen LogP contribution in [0.2, 0.25) is 0 Å². The van der Waals surface area contributed by atoms with Crippen LogP contribution >= 0.6 is 11.3 Å². The summed E-state index contributed by atoms with van der Waals surface area (Å²) in [6, 6.07) is 3.60. The first-order chi connectivity index (χ1) is 6.65. The Morgan fingerprint density at radius 1 is 1.71 bits per heavy atom. The zero-order valence-electron chi connectivity index (χ0n) is 8.43. The molecular formula is C10H15NO2S. The van der Waals surface area contributed by atoms with E-state index in [1.54, 1.807) is 18.3 Å². The molecule has 0 aliphatic rings. The van der Waals surface area contributed by atoms with Crippen molar-refractivity contribution in [1.82, 2.24) is 4.90 Å². The highest BCUT2D eigenvalue weighted by Crippen LogP contribution is 2.13. The molecule has 0 saturated heterocycles. The smallest absolute Gasteiger partial charge is 0.320 e. The molecule has 78 valence electrons. The second-order valence-electron chi connectivity index (χ2n) is 3.16. The number of nitrogens with zero attached hydrogens (tertiary/aromatic N) is 1. The van der Waals surface area contributed by atoms with Crippen LogP contribution in [0, 0.1) is 0 Å². The molecule has 0 fully saturated rings. The summed E-state index contributed by atoms with van der Waals surface area (Å²) in [6.45, 7) is 5.18. The average molecular weight is 213 g/mol. The fourth-order valence-corrected chi connectivity index (χ4v) is 2.01. The van der Waals surface area contributed by atoms with Crippen molar-refractivity contribution in [2.45, 2.75) is 26.4 Å². The summed E-state index contributed by atoms with van der Waals surface area (Å²) < 4.78 is 0. The molecular weight excluding hydrogens is 198 g/mol. The van der Waals surface area contributed by atoms with Crippen LogP contribution in [-0.4, -0.2) is 28.6 Å². The minimum atomic E-state index is -0.761. The Balaban J connectivity index is 2.59. The van der Waals surface area contributed by atoms with Crippen LogP contribution in [0.5, 0.6) is 0 Å². The number of likely N-dealkylation sites (N-methyl/N-ethyl adjacent to an activating group) is 1. The fraction of sp³-hybridized carbons (Fsp3) is 0.500. The van der Waals surface area contributed by atoms with E-state index in [-0.39, 0.29) is 0 Å². The molecule has 0 aromatic carbocycles. The lowest BCUT2D eigenvalue weighted by Crippen LogP contribution is -2.38. The third kappa shape index (κ3) is 2.82. The summed E-state index contributed by atoms with van der Waals surface area (Å²) in [7, 11) is 0. The summed E-state index contributed by atoms with van der Waals surface area (Å²) in [6.07, 6.45) is 0. The Hall–Kier alpha value is -0.870. The van der Waals surface area contributed by atoms with Crippen LogP contribution in [0.3, 0.4) is 0 Å². The van der Waals surface area contributed by atoms with Crippen LogP contribution in [0.1, 0.15) is 18.7 Å². The van der Waals surface area contributed by atoms with Crippen molar-refractivity contribution >= 4 is 17.3 Å². The first kappa shape index (κ1) is 11.2. The van der Waals surface area contributed by atoms with Gasteiger partial charge in [-0.15, -0.1) is 11.3 Å². The molecule has 4 heteroatoms. The molecule has 3 nitrogen and oxygen atoms in total. The SMILES string of the molecule is CCN(Cc1cccs1)C(C)C(=O)O. The number of carboxylic acid groups (broad SMARTS) is 1. The van der Waals surface area contributed by atoms with Crippen molar-refractivity contribution in [3.63, 3.8) is 0 Å². The third-order valence-electron chi connectivity index (χ3n) is 2.25. The van der Waals surface area contributed by atoms with E-state index < -0.39 is 12.0 Å². The van der Waals surface area contributed by atoms with Gasteiger partial charge in [-0.2, -0.15) is 0 Å². The van der Waals surface area contributed by atoms with Gasteiger partial charge in [0, 0.05) is 11.4 Å². The molecule has 1 heterocycles. The molecule has 0 aliphatic heterocycles. The van der Waals surface area contributed by atoms with Crippen molar-refractivity contribution < 1.29 is 9.90 Å². The Labute approximate surface area is 88.0 Å². The van der Waals surface area contributed by atoms with Gasteiger partial charge in [-0.05, 0) is 24.9 Å². The van der Waals surface area contributed by atoms with E-state index in [4.69, 9.17) is 5.11 Å². The second kappa shape index (κ2) is 5.12. The van der Waals surface area contributed by atoms with E-state index >= 15 is 0 Å². The van der Waals surface area contributed by atoms with Gasteiger partial charge in [0.2, 0.25) is 0 Å². The highest BCUT2D eigenvalue weighted by Gasteiger charge is 2.19. The van der Waals surface area contributed by atoms with Crippen molar-refractivity contribution in [1.29, 1.82) is 0 Å². The van der Waals surface area contributed by atoms with Crippen LogP contribution in [0.25, 0.3) is 0 Å². The van der Waals surface area contributed by atoms with E-state index in [9.17, 15) is 4.79 Å². The average Bonchev–Trinajstić information content (AvgIpc) is 2.65. The van der Waals surface area contributed by atoms with Crippen LogP contribution in [-0.2, 0) is 11.3 Å². The zero-order chi connectivity index (χ0) is 10.6. The van der Waals surface area contributed by atoms with Crippen LogP contribution < -0.4 is 0 Å². The molecule has 0 radical (unpaired) electrons. The second-order valence-corrected chi connectivity index (χ2v) is 4.19. The highest BCUT2D eigenvalue weighted by atomic mass is 32.1. The lowest BCUT2D eigenvalue weighted by molar-refractivity contribution is -0.142. The number of hydrogen-bond donors (Lipinski definition) is 1. The molecule has 0 saturated carbocycles. The maximum atomic E-state index is 10.8. The van der Waals surface area contributed by atoms with Crippen molar-refractivity contribution in [2.24, 2.45) is 0 Å².